The second kappa shape index (κ2) is 6.70. The van der Waals surface area contributed by atoms with Gasteiger partial charge in [0.15, 0.2) is 5.78 Å². The minimum Gasteiger partial charge on any atom is -0.374 e. The molecule has 2 heterocycles. The van der Waals surface area contributed by atoms with Crippen LogP contribution in [0.2, 0.25) is 5.02 Å². The Balaban J connectivity index is 1.52. The molecule has 1 aromatic rings. The van der Waals surface area contributed by atoms with Crippen LogP contribution < -0.4 is 0 Å². The molecule has 0 spiro atoms. The average Bonchev–Trinajstić information content (AvgIpc) is 3.06. The van der Waals surface area contributed by atoms with E-state index in [1.807, 2.05) is 18.3 Å². The molecule has 5 rings (SSSR count). The van der Waals surface area contributed by atoms with Gasteiger partial charge in [0.05, 0.1) is 5.02 Å². The van der Waals surface area contributed by atoms with Crippen LogP contribution in [0.15, 0.2) is 36.3 Å². The molecule has 1 saturated heterocycles. The normalized spacial score (nSPS) is 38.7. The van der Waals surface area contributed by atoms with Gasteiger partial charge < -0.3 is 4.90 Å². The molecule has 0 aromatic carbocycles. The van der Waals surface area contributed by atoms with Gasteiger partial charge in [0.2, 0.25) is 0 Å². The first-order valence-electron chi connectivity index (χ1n) is 11.2. The lowest BCUT2D eigenvalue weighted by Gasteiger charge is -2.60. The fourth-order valence-electron chi connectivity index (χ4n) is 7.27. The lowest BCUT2D eigenvalue weighted by atomic mass is 9.49. The molecule has 2 fully saturated rings. The third-order valence-electron chi connectivity index (χ3n) is 8.82. The van der Waals surface area contributed by atoms with Gasteiger partial charge in [-0.3, -0.25) is 9.78 Å². The summed E-state index contributed by atoms with van der Waals surface area (Å²) in [4.78, 5) is 19.1. The highest BCUT2D eigenvalue weighted by Gasteiger charge is 2.58. The Hall–Kier alpha value is -1.61. The first-order chi connectivity index (χ1) is 13.9. The predicted octanol–water partition coefficient (Wildman–Crippen LogP) is 5.76. The molecule has 1 saturated carbocycles. The summed E-state index contributed by atoms with van der Waals surface area (Å²) in [6.45, 7) is 9.20. The van der Waals surface area contributed by atoms with Crippen LogP contribution in [0.1, 0.15) is 58.4 Å². The van der Waals surface area contributed by atoms with Crippen molar-refractivity contribution >= 4 is 23.0 Å². The van der Waals surface area contributed by atoms with Gasteiger partial charge in [-0.05, 0) is 67.4 Å². The van der Waals surface area contributed by atoms with Gasteiger partial charge in [0.1, 0.15) is 0 Å². The van der Waals surface area contributed by atoms with Crippen molar-refractivity contribution < 1.29 is 4.79 Å². The molecule has 3 aliphatic carbocycles. The monoisotopic (exact) mass is 410 g/mol. The lowest BCUT2D eigenvalue weighted by Crippen LogP contribution is -2.57. The number of hydrogen-bond donors (Lipinski definition) is 0. The van der Waals surface area contributed by atoms with Crippen molar-refractivity contribution in [3.05, 3.63) is 46.9 Å². The van der Waals surface area contributed by atoms with Gasteiger partial charge in [-0.1, -0.05) is 31.5 Å². The SMILES string of the molecule is CCN1C[C@@H]2[C@H](CC[C@]3(C)C(c4cnccc4Cl)=CC[C@@H]23)[C@@]2(C)CCC(=O)C=C12. The molecule has 4 aliphatic rings. The van der Waals surface area contributed by atoms with Crippen LogP contribution in [0.5, 0.6) is 0 Å². The largest absolute Gasteiger partial charge is 0.374 e. The van der Waals surface area contributed by atoms with E-state index < -0.39 is 0 Å². The van der Waals surface area contributed by atoms with Crippen LogP contribution in [0, 0.1) is 28.6 Å². The van der Waals surface area contributed by atoms with Crippen LogP contribution in [-0.2, 0) is 4.79 Å². The number of aromatic nitrogens is 1. The Bertz CT molecular complexity index is 921. The second-order valence-electron chi connectivity index (χ2n) is 9.99. The van der Waals surface area contributed by atoms with E-state index in [0.717, 1.165) is 36.5 Å². The number of hydrogen-bond acceptors (Lipinski definition) is 3. The first kappa shape index (κ1) is 19.4. The zero-order valence-corrected chi connectivity index (χ0v) is 18.5. The Kier molecular flexibility index (Phi) is 4.47. The van der Waals surface area contributed by atoms with Crippen LogP contribution in [-0.4, -0.2) is 28.8 Å². The van der Waals surface area contributed by atoms with E-state index in [1.54, 1.807) is 6.20 Å². The van der Waals surface area contributed by atoms with Gasteiger partial charge in [-0.25, -0.2) is 0 Å². The summed E-state index contributed by atoms with van der Waals surface area (Å²) < 4.78 is 0. The van der Waals surface area contributed by atoms with Crippen molar-refractivity contribution in [2.24, 2.45) is 28.6 Å². The number of pyridine rings is 1. The summed E-state index contributed by atoms with van der Waals surface area (Å²) in [5.74, 6) is 2.27. The maximum Gasteiger partial charge on any atom is 0.157 e. The molecule has 0 radical (unpaired) electrons. The fraction of sp³-hybridized carbons (Fsp3) is 0.600. The van der Waals surface area contributed by atoms with E-state index in [4.69, 9.17) is 11.6 Å². The Labute approximate surface area is 179 Å². The van der Waals surface area contributed by atoms with Crippen molar-refractivity contribution in [2.75, 3.05) is 13.1 Å². The summed E-state index contributed by atoms with van der Waals surface area (Å²) in [7, 11) is 0. The number of rotatable bonds is 2. The molecular formula is C25H31ClN2O. The Morgan fingerprint density at radius 2 is 2.07 bits per heavy atom. The van der Waals surface area contributed by atoms with Gasteiger partial charge in [0.25, 0.3) is 0 Å². The van der Waals surface area contributed by atoms with Crippen LogP contribution in [0.4, 0.5) is 0 Å². The Morgan fingerprint density at radius 1 is 1.24 bits per heavy atom. The zero-order valence-electron chi connectivity index (χ0n) is 17.7. The topological polar surface area (TPSA) is 33.2 Å². The molecule has 0 bridgehead atoms. The van der Waals surface area contributed by atoms with E-state index in [-0.39, 0.29) is 10.8 Å². The zero-order chi connectivity index (χ0) is 20.4. The summed E-state index contributed by atoms with van der Waals surface area (Å²) in [6, 6.07) is 1.91. The molecule has 1 aromatic heterocycles. The molecule has 1 aliphatic heterocycles. The summed E-state index contributed by atoms with van der Waals surface area (Å²) in [5, 5.41) is 0.817. The summed E-state index contributed by atoms with van der Waals surface area (Å²) in [6.07, 6.45) is 13.4. The predicted molar refractivity (Wildman–Crippen MR) is 117 cm³/mol. The third-order valence-corrected chi connectivity index (χ3v) is 9.15. The quantitative estimate of drug-likeness (QED) is 0.621. The highest BCUT2D eigenvalue weighted by atomic mass is 35.5. The number of piperidine rings is 1. The van der Waals surface area contributed by atoms with Crippen LogP contribution in [0.25, 0.3) is 5.57 Å². The second-order valence-corrected chi connectivity index (χ2v) is 10.4. The number of ketones is 1. The molecule has 3 nitrogen and oxygen atoms in total. The van der Waals surface area contributed by atoms with E-state index in [2.05, 4.69) is 36.7 Å². The summed E-state index contributed by atoms with van der Waals surface area (Å²) >= 11 is 6.58. The van der Waals surface area contributed by atoms with Gasteiger partial charge >= 0.3 is 0 Å². The van der Waals surface area contributed by atoms with E-state index in [0.29, 0.717) is 30.0 Å². The average molecular weight is 411 g/mol. The number of carbonyl (C=O) groups is 1. The molecule has 0 unspecified atom stereocenters. The number of halogens is 1. The standard InChI is InChI=1S/C25H31ClN2O/c1-4-28-15-18-20-6-5-19(17-14-27-12-9-22(17)26)24(20,2)11-8-21(18)25(3)10-7-16(29)13-23(25)28/h5,9,12-14,18,20-21H,4,6-8,10-11,15H2,1-3H3/t18-,20-,21-,24+,25+/m0/s1. The van der Waals surface area contributed by atoms with Crippen molar-refractivity contribution in [1.82, 2.24) is 9.88 Å². The van der Waals surface area contributed by atoms with Crippen molar-refractivity contribution in [3.8, 4) is 0 Å². The molecule has 5 atom stereocenters. The maximum atomic E-state index is 12.2. The first-order valence-corrected chi connectivity index (χ1v) is 11.6. The van der Waals surface area contributed by atoms with Gasteiger partial charge in [-0.15, -0.1) is 0 Å². The molecule has 0 N–H and O–H groups in total. The molecule has 0 amide bonds. The highest BCUT2D eigenvalue weighted by molar-refractivity contribution is 6.32. The van der Waals surface area contributed by atoms with Crippen molar-refractivity contribution in [3.63, 3.8) is 0 Å². The number of fused-ring (bicyclic) bond motifs is 5. The van der Waals surface area contributed by atoms with Gasteiger partial charge in [0, 0.05) is 54.7 Å². The van der Waals surface area contributed by atoms with E-state index in [9.17, 15) is 4.79 Å². The fourth-order valence-corrected chi connectivity index (χ4v) is 7.48. The highest BCUT2D eigenvalue weighted by Crippen LogP contribution is 2.65. The number of carbonyl (C=O) groups excluding carboxylic acids is 1. The minimum absolute atomic E-state index is 0.142. The smallest absolute Gasteiger partial charge is 0.157 e. The maximum absolute atomic E-state index is 12.2. The molecular weight excluding hydrogens is 380 g/mol. The summed E-state index contributed by atoms with van der Waals surface area (Å²) in [5.41, 5.74) is 4.16. The van der Waals surface area contributed by atoms with E-state index >= 15 is 0 Å². The van der Waals surface area contributed by atoms with E-state index in [1.165, 1.54) is 24.1 Å². The lowest BCUT2D eigenvalue weighted by molar-refractivity contribution is -0.118. The minimum atomic E-state index is 0.142. The molecule has 154 valence electrons. The van der Waals surface area contributed by atoms with Crippen LogP contribution in [0.3, 0.4) is 0 Å². The van der Waals surface area contributed by atoms with Crippen molar-refractivity contribution in [1.29, 1.82) is 0 Å². The van der Waals surface area contributed by atoms with Crippen molar-refractivity contribution in [2.45, 2.75) is 52.9 Å². The Morgan fingerprint density at radius 3 is 2.83 bits per heavy atom. The molecule has 4 heteroatoms. The number of allylic oxidation sites excluding steroid dienone is 4. The van der Waals surface area contributed by atoms with Crippen LogP contribution >= 0.6 is 11.6 Å². The van der Waals surface area contributed by atoms with Gasteiger partial charge in [-0.2, -0.15) is 0 Å². The number of likely N-dealkylation sites (tertiary alicyclic amines) is 1. The number of nitrogens with zero attached hydrogens (tertiary/aromatic N) is 2. The molecule has 29 heavy (non-hydrogen) atoms. The third kappa shape index (κ3) is 2.69.